The van der Waals surface area contributed by atoms with E-state index in [9.17, 15) is 4.79 Å². The summed E-state index contributed by atoms with van der Waals surface area (Å²) in [5.41, 5.74) is 4.84. The maximum absolute atomic E-state index is 11.5. The van der Waals surface area contributed by atoms with Crippen molar-refractivity contribution in [1.82, 2.24) is 15.1 Å². The van der Waals surface area contributed by atoms with Crippen LogP contribution in [0.1, 0.15) is 19.8 Å². The Kier molecular flexibility index (Phi) is 4.91. The molecule has 5 heteroatoms. The zero-order chi connectivity index (χ0) is 13.1. The summed E-state index contributed by atoms with van der Waals surface area (Å²) in [4.78, 5) is 16.1. The Morgan fingerprint density at radius 2 is 2.24 bits per heavy atom. The molecule has 1 rings (SSSR count). The van der Waals surface area contributed by atoms with Crippen LogP contribution in [0.3, 0.4) is 0 Å². The third-order valence-corrected chi connectivity index (χ3v) is 3.69. The standard InChI is InChI=1S/C12H26N4O/c1-12(14-2,11(13)17)9-16-7-5-6-10(16)8-15(3)4/h10,14H,5-9H2,1-4H3,(H2,13,17). The minimum absolute atomic E-state index is 0.282. The normalized spacial score (nSPS) is 25.1. The summed E-state index contributed by atoms with van der Waals surface area (Å²) < 4.78 is 0. The van der Waals surface area contributed by atoms with Gasteiger partial charge in [-0.2, -0.15) is 0 Å². The highest BCUT2D eigenvalue weighted by Gasteiger charge is 2.35. The number of carbonyl (C=O) groups is 1. The monoisotopic (exact) mass is 242 g/mol. The van der Waals surface area contributed by atoms with Gasteiger partial charge in [0.15, 0.2) is 0 Å². The lowest BCUT2D eigenvalue weighted by Crippen LogP contribution is -2.59. The quantitative estimate of drug-likeness (QED) is 0.658. The van der Waals surface area contributed by atoms with E-state index in [4.69, 9.17) is 5.73 Å². The van der Waals surface area contributed by atoms with Crippen molar-refractivity contribution in [2.75, 3.05) is 40.8 Å². The van der Waals surface area contributed by atoms with E-state index in [0.29, 0.717) is 12.6 Å². The number of rotatable bonds is 6. The maximum atomic E-state index is 11.5. The first kappa shape index (κ1) is 14.4. The molecule has 0 bridgehead atoms. The Bertz CT molecular complexity index is 269. The van der Waals surface area contributed by atoms with Gasteiger partial charge in [-0.1, -0.05) is 0 Å². The minimum Gasteiger partial charge on any atom is -0.368 e. The van der Waals surface area contributed by atoms with Crippen molar-refractivity contribution in [2.45, 2.75) is 31.3 Å². The molecule has 2 unspecified atom stereocenters. The molecule has 0 aromatic heterocycles. The zero-order valence-electron chi connectivity index (χ0n) is 11.5. The maximum Gasteiger partial charge on any atom is 0.238 e. The molecule has 1 aliphatic rings. The van der Waals surface area contributed by atoms with Gasteiger partial charge in [0, 0.05) is 19.1 Å². The van der Waals surface area contributed by atoms with Gasteiger partial charge in [0.1, 0.15) is 5.54 Å². The van der Waals surface area contributed by atoms with E-state index in [1.807, 2.05) is 6.92 Å². The van der Waals surface area contributed by atoms with E-state index in [1.54, 1.807) is 7.05 Å². The molecule has 1 fully saturated rings. The molecule has 1 heterocycles. The van der Waals surface area contributed by atoms with E-state index in [2.05, 4.69) is 29.2 Å². The summed E-state index contributed by atoms with van der Waals surface area (Å²) in [5, 5.41) is 3.05. The molecule has 0 radical (unpaired) electrons. The van der Waals surface area contributed by atoms with Crippen LogP contribution in [0.5, 0.6) is 0 Å². The van der Waals surface area contributed by atoms with Crippen LogP contribution in [0.15, 0.2) is 0 Å². The Balaban J connectivity index is 2.63. The summed E-state index contributed by atoms with van der Waals surface area (Å²) in [6.07, 6.45) is 2.41. The van der Waals surface area contributed by atoms with Gasteiger partial charge < -0.3 is 16.0 Å². The Morgan fingerprint density at radius 1 is 1.59 bits per heavy atom. The highest BCUT2D eigenvalue weighted by atomic mass is 16.1. The lowest BCUT2D eigenvalue weighted by Gasteiger charge is -2.34. The predicted molar refractivity (Wildman–Crippen MR) is 69.8 cm³/mol. The van der Waals surface area contributed by atoms with E-state index in [1.165, 1.54) is 12.8 Å². The molecule has 3 N–H and O–H groups in total. The number of nitrogens with zero attached hydrogens (tertiary/aromatic N) is 2. The average molecular weight is 242 g/mol. The summed E-state index contributed by atoms with van der Waals surface area (Å²) in [7, 11) is 5.96. The zero-order valence-corrected chi connectivity index (χ0v) is 11.5. The number of nitrogens with two attached hydrogens (primary N) is 1. The highest BCUT2D eigenvalue weighted by molar-refractivity contribution is 5.84. The summed E-state index contributed by atoms with van der Waals surface area (Å²) in [5.74, 6) is -0.282. The van der Waals surface area contributed by atoms with Crippen molar-refractivity contribution in [3.63, 3.8) is 0 Å². The molecule has 5 nitrogen and oxygen atoms in total. The summed E-state index contributed by atoms with van der Waals surface area (Å²) in [6, 6.07) is 0.539. The van der Waals surface area contributed by atoms with Crippen molar-refractivity contribution in [1.29, 1.82) is 0 Å². The highest BCUT2D eigenvalue weighted by Crippen LogP contribution is 2.20. The number of primary amides is 1. The molecule has 1 saturated heterocycles. The number of hydrogen-bond acceptors (Lipinski definition) is 4. The van der Waals surface area contributed by atoms with E-state index in [-0.39, 0.29) is 5.91 Å². The molecule has 0 aromatic carbocycles. The summed E-state index contributed by atoms with van der Waals surface area (Å²) >= 11 is 0. The van der Waals surface area contributed by atoms with Crippen molar-refractivity contribution in [3.05, 3.63) is 0 Å². The second-order valence-electron chi connectivity index (χ2n) is 5.48. The largest absolute Gasteiger partial charge is 0.368 e. The van der Waals surface area contributed by atoms with Gasteiger partial charge >= 0.3 is 0 Å². The lowest BCUT2D eigenvalue weighted by atomic mass is 10.0. The van der Waals surface area contributed by atoms with Crippen LogP contribution in [-0.4, -0.2) is 68.1 Å². The van der Waals surface area contributed by atoms with E-state index in [0.717, 1.165) is 13.1 Å². The molecule has 0 aromatic rings. The number of hydrogen-bond donors (Lipinski definition) is 2. The molecule has 17 heavy (non-hydrogen) atoms. The molecular weight excluding hydrogens is 216 g/mol. The van der Waals surface area contributed by atoms with Crippen molar-refractivity contribution >= 4 is 5.91 Å². The van der Waals surface area contributed by atoms with Crippen LogP contribution >= 0.6 is 0 Å². The smallest absolute Gasteiger partial charge is 0.238 e. The van der Waals surface area contributed by atoms with E-state index >= 15 is 0 Å². The van der Waals surface area contributed by atoms with Gasteiger partial charge in [-0.25, -0.2) is 0 Å². The molecule has 0 spiro atoms. The number of likely N-dealkylation sites (tertiary alicyclic amines) is 1. The molecule has 1 amide bonds. The first-order chi connectivity index (χ1) is 7.89. The molecule has 2 atom stereocenters. The second kappa shape index (κ2) is 5.80. The Morgan fingerprint density at radius 3 is 2.71 bits per heavy atom. The van der Waals surface area contributed by atoms with Crippen LogP contribution in [0, 0.1) is 0 Å². The number of nitrogens with one attached hydrogen (secondary N) is 1. The SMILES string of the molecule is CNC(C)(CN1CCCC1CN(C)C)C(N)=O. The van der Waals surface area contributed by atoms with Crippen LogP contribution in [0.4, 0.5) is 0 Å². The van der Waals surface area contributed by atoms with Crippen LogP contribution in [0.2, 0.25) is 0 Å². The number of amides is 1. The third kappa shape index (κ3) is 3.66. The van der Waals surface area contributed by atoms with Gasteiger partial charge in [-0.3, -0.25) is 9.69 Å². The fourth-order valence-electron chi connectivity index (χ4n) is 2.42. The van der Waals surface area contributed by atoms with Crippen molar-refractivity contribution in [3.8, 4) is 0 Å². The van der Waals surface area contributed by atoms with Crippen LogP contribution < -0.4 is 11.1 Å². The summed E-state index contributed by atoms with van der Waals surface area (Å²) in [6.45, 7) is 4.67. The molecule has 0 aliphatic carbocycles. The molecular formula is C12H26N4O. The van der Waals surface area contributed by atoms with Gasteiger partial charge in [-0.05, 0) is 47.5 Å². The average Bonchev–Trinajstić information content (AvgIpc) is 2.64. The molecule has 100 valence electrons. The van der Waals surface area contributed by atoms with E-state index < -0.39 is 5.54 Å². The van der Waals surface area contributed by atoms with Crippen molar-refractivity contribution in [2.24, 2.45) is 5.73 Å². The second-order valence-corrected chi connectivity index (χ2v) is 5.48. The van der Waals surface area contributed by atoms with Gasteiger partial charge in [0.25, 0.3) is 0 Å². The fourth-order valence-corrected chi connectivity index (χ4v) is 2.42. The molecule has 1 aliphatic heterocycles. The first-order valence-corrected chi connectivity index (χ1v) is 6.26. The first-order valence-electron chi connectivity index (χ1n) is 6.26. The third-order valence-electron chi connectivity index (χ3n) is 3.69. The van der Waals surface area contributed by atoms with Gasteiger partial charge in [0.2, 0.25) is 5.91 Å². The predicted octanol–water partition coefficient (Wildman–Crippen LogP) is -0.524. The molecule has 0 saturated carbocycles. The van der Waals surface area contributed by atoms with Gasteiger partial charge in [0.05, 0.1) is 0 Å². The van der Waals surface area contributed by atoms with Crippen LogP contribution in [0.25, 0.3) is 0 Å². The number of carbonyl (C=O) groups excluding carboxylic acids is 1. The topological polar surface area (TPSA) is 61.6 Å². The Hall–Kier alpha value is -0.650. The fraction of sp³-hybridized carbons (Fsp3) is 0.917. The number of likely N-dealkylation sites (N-methyl/N-ethyl adjacent to an activating group) is 2. The van der Waals surface area contributed by atoms with Gasteiger partial charge in [-0.15, -0.1) is 0 Å². The lowest BCUT2D eigenvalue weighted by molar-refractivity contribution is -0.124. The van der Waals surface area contributed by atoms with Crippen molar-refractivity contribution < 1.29 is 4.79 Å². The minimum atomic E-state index is -0.630. The van der Waals surface area contributed by atoms with Crippen LogP contribution in [-0.2, 0) is 4.79 Å². The Labute approximate surface area is 104 Å².